The first-order valence-electron chi connectivity index (χ1n) is 13.3. The first-order chi connectivity index (χ1) is 17.7. The molecule has 1 aliphatic carbocycles. The van der Waals surface area contributed by atoms with Crippen molar-refractivity contribution in [3.8, 4) is 11.4 Å². The Kier molecular flexibility index (Phi) is 9.45. The molecule has 1 unspecified atom stereocenters. The predicted molar refractivity (Wildman–Crippen MR) is 145 cm³/mol. The molecule has 0 spiro atoms. The van der Waals surface area contributed by atoms with Crippen molar-refractivity contribution in [3.05, 3.63) is 77.5 Å². The summed E-state index contributed by atoms with van der Waals surface area (Å²) in [6, 6.07) is 19.6. The van der Waals surface area contributed by atoms with Crippen molar-refractivity contribution in [3.63, 3.8) is 0 Å². The molecule has 1 heterocycles. The predicted octanol–water partition coefficient (Wildman–Crippen LogP) is 5.67. The topological polar surface area (TPSA) is 67.3 Å². The van der Waals surface area contributed by atoms with Crippen LogP contribution in [0.1, 0.15) is 56.4 Å². The maximum atomic E-state index is 13.7. The van der Waals surface area contributed by atoms with E-state index in [1.807, 2.05) is 65.6 Å². The molecule has 6 nitrogen and oxygen atoms in total. The van der Waals surface area contributed by atoms with E-state index in [1.54, 1.807) is 0 Å². The molecule has 0 fully saturated rings. The molecule has 0 bridgehead atoms. The maximum absolute atomic E-state index is 13.7. The number of aromatic nitrogens is 2. The normalized spacial score (nSPS) is 13.6. The van der Waals surface area contributed by atoms with Crippen molar-refractivity contribution in [2.75, 3.05) is 25.0 Å². The Balaban J connectivity index is 1.62. The second-order valence-electron chi connectivity index (χ2n) is 9.42. The number of benzene rings is 2. The van der Waals surface area contributed by atoms with E-state index in [9.17, 15) is 4.79 Å². The second kappa shape index (κ2) is 13.2. The minimum atomic E-state index is -0.517. The average molecular weight is 487 g/mol. The van der Waals surface area contributed by atoms with E-state index in [1.165, 1.54) is 0 Å². The van der Waals surface area contributed by atoms with Crippen molar-refractivity contribution in [2.45, 2.75) is 65.0 Å². The number of hydrogen-bond donors (Lipinski definition) is 1. The van der Waals surface area contributed by atoms with E-state index in [0.717, 1.165) is 79.8 Å². The third-order valence-corrected chi connectivity index (χ3v) is 6.52. The number of fused-ring (bicyclic) bond motifs is 1. The first kappa shape index (κ1) is 25.8. The molecule has 1 amide bonds. The molecule has 0 saturated heterocycles. The number of nitrogens with zero attached hydrogens (tertiary/aromatic N) is 3. The van der Waals surface area contributed by atoms with Gasteiger partial charge in [0, 0.05) is 29.9 Å². The zero-order valence-electron chi connectivity index (χ0n) is 21.6. The Hall–Kier alpha value is -3.25. The molecule has 1 N–H and O–H groups in total. The summed E-state index contributed by atoms with van der Waals surface area (Å²) >= 11 is 0. The fraction of sp³-hybridized carbons (Fsp3) is 0.433. The van der Waals surface area contributed by atoms with Crippen LogP contribution in [0, 0.1) is 0 Å². The van der Waals surface area contributed by atoms with Crippen LogP contribution in [-0.2, 0) is 29.0 Å². The van der Waals surface area contributed by atoms with Gasteiger partial charge in [0.05, 0.1) is 13.2 Å². The molecule has 3 aromatic rings. The van der Waals surface area contributed by atoms with Crippen LogP contribution in [0.25, 0.3) is 11.4 Å². The van der Waals surface area contributed by atoms with Crippen LogP contribution < -0.4 is 5.32 Å². The van der Waals surface area contributed by atoms with Crippen molar-refractivity contribution in [1.82, 2.24) is 14.9 Å². The number of hydrogen-bond acceptors (Lipinski definition) is 5. The largest absolute Gasteiger partial charge is 0.374 e. The van der Waals surface area contributed by atoms with Gasteiger partial charge in [-0.2, -0.15) is 0 Å². The quantitative estimate of drug-likeness (QED) is 0.357. The standard InChI is InChI=1S/C30H38N4O2/c1-3-19-34(20-4-2)30(35)27(22-36-21-23-13-7-5-8-14-23)32-29-25-17-11-12-18-26(25)31-28(33-29)24-15-9-6-10-16-24/h5-10,13-16,27H,3-4,11-12,17-22H2,1-2H3,(H,31,32,33). The maximum Gasteiger partial charge on any atom is 0.247 e. The highest BCUT2D eigenvalue weighted by molar-refractivity contribution is 5.85. The fourth-order valence-corrected chi connectivity index (χ4v) is 4.73. The van der Waals surface area contributed by atoms with Crippen molar-refractivity contribution in [1.29, 1.82) is 0 Å². The van der Waals surface area contributed by atoms with Gasteiger partial charge in [-0.1, -0.05) is 74.5 Å². The molecule has 0 saturated carbocycles. The first-order valence-corrected chi connectivity index (χ1v) is 13.3. The molecule has 0 aliphatic heterocycles. The van der Waals surface area contributed by atoms with Gasteiger partial charge < -0.3 is 15.0 Å². The van der Waals surface area contributed by atoms with Gasteiger partial charge in [0.2, 0.25) is 5.91 Å². The Morgan fingerprint density at radius 3 is 2.31 bits per heavy atom. The third kappa shape index (κ3) is 6.70. The summed E-state index contributed by atoms with van der Waals surface area (Å²) in [5.74, 6) is 1.54. The number of amides is 1. The van der Waals surface area contributed by atoms with Gasteiger partial charge >= 0.3 is 0 Å². The van der Waals surface area contributed by atoms with Crippen LogP contribution in [0.3, 0.4) is 0 Å². The van der Waals surface area contributed by atoms with Gasteiger partial charge in [-0.25, -0.2) is 9.97 Å². The summed E-state index contributed by atoms with van der Waals surface area (Å²) in [5, 5.41) is 3.53. The molecule has 1 aliphatic rings. The number of nitrogens with one attached hydrogen (secondary N) is 1. The Morgan fingerprint density at radius 2 is 1.61 bits per heavy atom. The van der Waals surface area contributed by atoms with Crippen LogP contribution in [0.2, 0.25) is 0 Å². The summed E-state index contributed by atoms with van der Waals surface area (Å²) in [7, 11) is 0. The van der Waals surface area contributed by atoms with Gasteiger partial charge in [0.15, 0.2) is 5.82 Å². The van der Waals surface area contributed by atoms with Gasteiger partial charge in [-0.05, 0) is 44.1 Å². The van der Waals surface area contributed by atoms with E-state index in [-0.39, 0.29) is 12.5 Å². The number of anilines is 1. The summed E-state index contributed by atoms with van der Waals surface area (Å²) in [4.78, 5) is 25.5. The Labute approximate surface area is 215 Å². The smallest absolute Gasteiger partial charge is 0.247 e. The molecule has 36 heavy (non-hydrogen) atoms. The lowest BCUT2D eigenvalue weighted by molar-refractivity contribution is -0.133. The molecule has 2 aromatic carbocycles. The number of carbonyl (C=O) groups is 1. The Bertz CT molecular complexity index is 1100. The van der Waals surface area contributed by atoms with E-state index in [4.69, 9.17) is 14.7 Å². The number of rotatable bonds is 12. The minimum absolute atomic E-state index is 0.0659. The van der Waals surface area contributed by atoms with Crippen molar-refractivity contribution >= 4 is 11.7 Å². The SMILES string of the molecule is CCCN(CCC)C(=O)C(COCc1ccccc1)Nc1nc(-c2ccccc2)nc2c1CCCC2. The highest BCUT2D eigenvalue weighted by atomic mass is 16.5. The van der Waals surface area contributed by atoms with Crippen molar-refractivity contribution < 1.29 is 9.53 Å². The highest BCUT2D eigenvalue weighted by Gasteiger charge is 2.27. The van der Waals surface area contributed by atoms with E-state index < -0.39 is 6.04 Å². The minimum Gasteiger partial charge on any atom is -0.374 e. The van der Waals surface area contributed by atoms with Gasteiger partial charge in [-0.3, -0.25) is 4.79 Å². The van der Waals surface area contributed by atoms with Crippen LogP contribution in [0.5, 0.6) is 0 Å². The molecule has 190 valence electrons. The average Bonchev–Trinajstić information content (AvgIpc) is 2.93. The number of ether oxygens (including phenoxy) is 1. The number of carbonyl (C=O) groups excluding carboxylic acids is 1. The molecular formula is C30H38N4O2. The van der Waals surface area contributed by atoms with E-state index >= 15 is 0 Å². The zero-order valence-corrected chi connectivity index (χ0v) is 21.6. The van der Waals surface area contributed by atoms with Gasteiger partial charge in [-0.15, -0.1) is 0 Å². The van der Waals surface area contributed by atoms with Crippen LogP contribution >= 0.6 is 0 Å². The monoisotopic (exact) mass is 486 g/mol. The summed E-state index contributed by atoms with van der Waals surface area (Å²) in [6.45, 7) is 6.43. The summed E-state index contributed by atoms with van der Waals surface area (Å²) in [5.41, 5.74) is 4.30. The number of aryl methyl sites for hydroxylation is 1. The Morgan fingerprint density at radius 1 is 0.944 bits per heavy atom. The highest BCUT2D eigenvalue weighted by Crippen LogP contribution is 2.29. The molecular weight excluding hydrogens is 448 g/mol. The third-order valence-electron chi connectivity index (χ3n) is 6.52. The zero-order chi connectivity index (χ0) is 25.2. The fourth-order valence-electron chi connectivity index (χ4n) is 4.73. The lowest BCUT2D eigenvalue weighted by Crippen LogP contribution is -2.46. The summed E-state index contributed by atoms with van der Waals surface area (Å²) in [6.07, 6.45) is 5.94. The molecule has 4 rings (SSSR count). The van der Waals surface area contributed by atoms with Crippen LogP contribution in [0.4, 0.5) is 5.82 Å². The van der Waals surface area contributed by atoms with E-state index in [0.29, 0.717) is 12.4 Å². The molecule has 0 radical (unpaired) electrons. The van der Waals surface area contributed by atoms with Crippen LogP contribution in [0.15, 0.2) is 60.7 Å². The van der Waals surface area contributed by atoms with Crippen molar-refractivity contribution in [2.24, 2.45) is 0 Å². The van der Waals surface area contributed by atoms with Gasteiger partial charge in [0.25, 0.3) is 0 Å². The second-order valence-corrected chi connectivity index (χ2v) is 9.42. The summed E-state index contributed by atoms with van der Waals surface area (Å²) < 4.78 is 6.09. The molecule has 6 heteroatoms. The molecule has 1 aromatic heterocycles. The lowest BCUT2D eigenvalue weighted by atomic mass is 9.96. The lowest BCUT2D eigenvalue weighted by Gasteiger charge is -2.29. The molecule has 1 atom stereocenters. The van der Waals surface area contributed by atoms with Crippen LogP contribution in [-0.4, -0.2) is 46.5 Å². The van der Waals surface area contributed by atoms with Gasteiger partial charge in [0.1, 0.15) is 11.9 Å². The van der Waals surface area contributed by atoms with E-state index in [2.05, 4.69) is 19.2 Å².